The van der Waals surface area contributed by atoms with Crippen LogP contribution < -0.4 is 10.6 Å². The highest BCUT2D eigenvalue weighted by atomic mass is 32.2. The zero-order valence-corrected chi connectivity index (χ0v) is 17.5. The summed E-state index contributed by atoms with van der Waals surface area (Å²) in [6.45, 7) is 10.4. The minimum atomic E-state index is -0.131. The predicted octanol–water partition coefficient (Wildman–Crippen LogP) is 3.75. The Morgan fingerprint density at radius 3 is 2.61 bits per heavy atom. The minimum absolute atomic E-state index is 0.112. The average Bonchev–Trinajstić information content (AvgIpc) is 3.09. The van der Waals surface area contributed by atoms with E-state index in [1.165, 1.54) is 5.56 Å². The second-order valence-electron chi connectivity index (χ2n) is 6.52. The van der Waals surface area contributed by atoms with Crippen LogP contribution in [0.4, 0.5) is 11.6 Å². The number of rotatable bonds is 8. The van der Waals surface area contributed by atoms with Crippen LogP contribution in [-0.2, 0) is 4.79 Å². The summed E-state index contributed by atoms with van der Waals surface area (Å²) in [5.41, 5.74) is 3.87. The normalized spacial score (nSPS) is 11.2. The van der Waals surface area contributed by atoms with Crippen molar-refractivity contribution in [2.24, 2.45) is 0 Å². The number of amides is 1. The van der Waals surface area contributed by atoms with Crippen molar-refractivity contribution in [1.29, 1.82) is 0 Å². The lowest BCUT2D eigenvalue weighted by Gasteiger charge is -2.16. The van der Waals surface area contributed by atoms with Crippen LogP contribution in [0, 0.1) is 13.8 Å². The van der Waals surface area contributed by atoms with Crippen LogP contribution in [0.15, 0.2) is 41.4 Å². The number of nitrogens with zero attached hydrogens (tertiary/aromatic N) is 4. The van der Waals surface area contributed by atoms with Gasteiger partial charge in [0.05, 0.1) is 6.54 Å². The van der Waals surface area contributed by atoms with Gasteiger partial charge in [-0.25, -0.2) is 4.31 Å². The van der Waals surface area contributed by atoms with Crippen LogP contribution in [0.5, 0.6) is 0 Å². The van der Waals surface area contributed by atoms with Crippen molar-refractivity contribution < 1.29 is 4.79 Å². The number of pyridine rings is 1. The first-order valence-corrected chi connectivity index (χ1v) is 10.2. The Morgan fingerprint density at radius 2 is 1.89 bits per heavy atom. The molecule has 3 aromatic rings. The Hall–Kier alpha value is -2.58. The van der Waals surface area contributed by atoms with Crippen LogP contribution in [0.3, 0.4) is 0 Å². The molecule has 0 saturated carbocycles. The molecule has 2 heterocycles. The highest BCUT2D eigenvalue weighted by Crippen LogP contribution is 2.23. The second-order valence-corrected chi connectivity index (χ2v) is 7.69. The van der Waals surface area contributed by atoms with Crippen LogP contribution in [0.2, 0.25) is 0 Å². The molecular weight excluding hydrogens is 372 g/mol. The van der Waals surface area contributed by atoms with Crippen molar-refractivity contribution in [3.05, 3.63) is 47.7 Å². The summed E-state index contributed by atoms with van der Waals surface area (Å²) in [7, 11) is 0. The van der Waals surface area contributed by atoms with E-state index in [-0.39, 0.29) is 12.5 Å². The van der Waals surface area contributed by atoms with Crippen molar-refractivity contribution in [2.45, 2.75) is 32.6 Å². The molecule has 0 unspecified atom stereocenters. The number of fused-ring (bicyclic) bond motifs is 1. The van der Waals surface area contributed by atoms with Gasteiger partial charge in [-0.1, -0.05) is 19.9 Å². The molecule has 0 saturated heterocycles. The molecule has 0 bridgehead atoms. The number of benzene rings is 1. The number of carbonyl (C=O) groups is 1. The standard InChI is InChI=1S/C20H26N6OS/c1-5-25(6-2)28-17-9-10-18-23-24-20(26(18)13-17)21-12-19(27)22-16-8-7-14(3)15(4)11-16/h7-11,13H,5-6,12H2,1-4H3,(H,21,24)(H,22,27). The Labute approximate surface area is 169 Å². The number of hydrogen-bond acceptors (Lipinski definition) is 6. The third kappa shape index (κ3) is 4.82. The molecule has 3 rings (SSSR count). The molecule has 1 aromatic carbocycles. The van der Waals surface area contributed by atoms with E-state index in [9.17, 15) is 4.79 Å². The van der Waals surface area contributed by atoms with Gasteiger partial charge in [0.15, 0.2) is 5.65 Å². The predicted molar refractivity (Wildman–Crippen MR) is 115 cm³/mol. The Bertz CT molecular complexity index is 966. The second kappa shape index (κ2) is 9.07. The average molecular weight is 399 g/mol. The zero-order valence-electron chi connectivity index (χ0n) is 16.7. The fourth-order valence-electron chi connectivity index (χ4n) is 2.73. The SMILES string of the molecule is CCN(CC)Sc1ccc2nnc(NCC(=O)Nc3ccc(C)c(C)c3)n2c1. The van der Waals surface area contributed by atoms with Crippen LogP contribution in [0.1, 0.15) is 25.0 Å². The van der Waals surface area contributed by atoms with E-state index in [4.69, 9.17) is 0 Å². The molecule has 7 nitrogen and oxygen atoms in total. The topological polar surface area (TPSA) is 74.6 Å². The van der Waals surface area contributed by atoms with E-state index in [1.807, 2.05) is 54.8 Å². The van der Waals surface area contributed by atoms with Gasteiger partial charge in [-0.2, -0.15) is 0 Å². The molecule has 0 spiro atoms. The van der Waals surface area contributed by atoms with Crippen LogP contribution >= 0.6 is 11.9 Å². The number of anilines is 2. The quantitative estimate of drug-likeness (QED) is 0.563. The summed E-state index contributed by atoms with van der Waals surface area (Å²) in [5.74, 6) is 0.418. The maximum absolute atomic E-state index is 12.3. The molecule has 0 aliphatic heterocycles. The summed E-state index contributed by atoms with van der Waals surface area (Å²) in [6, 6.07) is 9.84. The lowest BCUT2D eigenvalue weighted by atomic mass is 10.1. The van der Waals surface area contributed by atoms with Gasteiger partial charge in [0.25, 0.3) is 0 Å². The number of nitrogens with one attached hydrogen (secondary N) is 2. The number of aryl methyl sites for hydroxylation is 2. The van der Waals surface area contributed by atoms with E-state index < -0.39 is 0 Å². The molecule has 0 aliphatic rings. The number of aromatic nitrogens is 3. The molecule has 28 heavy (non-hydrogen) atoms. The molecule has 0 radical (unpaired) electrons. The maximum atomic E-state index is 12.3. The first kappa shape index (κ1) is 20.2. The van der Waals surface area contributed by atoms with E-state index >= 15 is 0 Å². The Morgan fingerprint density at radius 1 is 1.11 bits per heavy atom. The largest absolute Gasteiger partial charge is 0.345 e. The molecule has 2 N–H and O–H groups in total. The third-order valence-electron chi connectivity index (χ3n) is 4.51. The molecule has 8 heteroatoms. The van der Waals surface area contributed by atoms with Crippen LogP contribution in [-0.4, -0.2) is 44.4 Å². The monoisotopic (exact) mass is 398 g/mol. The molecule has 0 aliphatic carbocycles. The summed E-state index contributed by atoms with van der Waals surface area (Å²) in [6.07, 6.45) is 1.99. The van der Waals surface area contributed by atoms with Crippen molar-refractivity contribution >= 4 is 35.1 Å². The van der Waals surface area contributed by atoms with Crippen molar-refractivity contribution in [2.75, 3.05) is 30.3 Å². The highest BCUT2D eigenvalue weighted by Gasteiger charge is 2.10. The van der Waals surface area contributed by atoms with Gasteiger partial charge in [-0.15, -0.1) is 10.2 Å². The summed E-state index contributed by atoms with van der Waals surface area (Å²) in [5, 5.41) is 14.3. The van der Waals surface area contributed by atoms with Gasteiger partial charge >= 0.3 is 0 Å². The lowest BCUT2D eigenvalue weighted by molar-refractivity contribution is -0.114. The van der Waals surface area contributed by atoms with Gasteiger partial charge in [-0.3, -0.25) is 9.20 Å². The zero-order chi connectivity index (χ0) is 20.1. The Balaban J connectivity index is 1.66. The van der Waals surface area contributed by atoms with Gasteiger partial charge in [0.2, 0.25) is 11.9 Å². The van der Waals surface area contributed by atoms with E-state index in [0.717, 1.165) is 34.9 Å². The number of carbonyl (C=O) groups excluding carboxylic acids is 1. The van der Waals surface area contributed by atoms with Gasteiger partial charge < -0.3 is 10.6 Å². The Kier molecular flexibility index (Phi) is 6.53. The van der Waals surface area contributed by atoms with E-state index in [0.29, 0.717) is 5.95 Å². The number of hydrogen-bond donors (Lipinski definition) is 2. The van der Waals surface area contributed by atoms with Gasteiger partial charge in [0.1, 0.15) is 0 Å². The molecule has 0 atom stereocenters. The molecule has 1 amide bonds. The first-order chi connectivity index (χ1) is 13.5. The van der Waals surface area contributed by atoms with Crippen molar-refractivity contribution in [3.63, 3.8) is 0 Å². The molecule has 148 valence electrons. The van der Waals surface area contributed by atoms with Gasteiger partial charge in [-0.05, 0) is 61.2 Å². The van der Waals surface area contributed by atoms with Crippen LogP contribution in [0.25, 0.3) is 5.65 Å². The van der Waals surface area contributed by atoms with Crippen molar-refractivity contribution in [3.8, 4) is 0 Å². The minimum Gasteiger partial charge on any atom is -0.345 e. The van der Waals surface area contributed by atoms with Crippen molar-refractivity contribution in [1.82, 2.24) is 18.9 Å². The summed E-state index contributed by atoms with van der Waals surface area (Å²) in [4.78, 5) is 13.4. The highest BCUT2D eigenvalue weighted by molar-refractivity contribution is 7.97. The van der Waals surface area contributed by atoms with E-state index in [1.54, 1.807) is 11.9 Å². The lowest BCUT2D eigenvalue weighted by Crippen LogP contribution is -2.22. The molecule has 2 aromatic heterocycles. The molecule has 0 fully saturated rings. The molecular formula is C20H26N6OS. The fourth-order valence-corrected chi connectivity index (χ4v) is 3.57. The summed E-state index contributed by atoms with van der Waals surface area (Å²) < 4.78 is 4.13. The van der Waals surface area contributed by atoms with Gasteiger partial charge in [0, 0.05) is 29.9 Å². The smallest absolute Gasteiger partial charge is 0.243 e. The third-order valence-corrected chi connectivity index (χ3v) is 5.74. The van der Waals surface area contributed by atoms with E-state index in [2.05, 4.69) is 39.0 Å². The maximum Gasteiger partial charge on any atom is 0.243 e. The first-order valence-electron chi connectivity index (χ1n) is 9.38. The fraction of sp³-hybridized carbons (Fsp3) is 0.350. The summed E-state index contributed by atoms with van der Waals surface area (Å²) >= 11 is 1.69.